The van der Waals surface area contributed by atoms with Crippen LogP contribution in [0.1, 0.15) is 25.7 Å². The molecule has 1 saturated carbocycles. The molecule has 0 saturated heterocycles. The zero-order valence-electron chi connectivity index (χ0n) is 8.31. The van der Waals surface area contributed by atoms with Crippen LogP contribution in [0.5, 0.6) is 0 Å². The van der Waals surface area contributed by atoms with E-state index in [4.69, 9.17) is 5.73 Å². The van der Waals surface area contributed by atoms with E-state index in [0.29, 0.717) is 25.7 Å². The summed E-state index contributed by atoms with van der Waals surface area (Å²) in [4.78, 5) is 10.8. The molecule has 0 aromatic heterocycles. The molecule has 1 rings (SSSR count). The number of primary amides is 1. The molecule has 1 aliphatic rings. The Morgan fingerprint density at radius 2 is 1.80 bits per heavy atom. The standard InChI is InChI=1S/C9H15F3N2O/c10-9(11,12)5-14-7-3-1-6(2-4-7)8(13)15/h6-7,14H,1-5H2,(H2,13,15). The fourth-order valence-corrected chi connectivity index (χ4v) is 1.84. The van der Waals surface area contributed by atoms with Crippen molar-refractivity contribution < 1.29 is 18.0 Å². The average Bonchev–Trinajstić information content (AvgIpc) is 2.14. The Balaban J connectivity index is 2.23. The lowest BCUT2D eigenvalue weighted by Gasteiger charge is -2.27. The van der Waals surface area contributed by atoms with E-state index < -0.39 is 12.7 Å². The first-order valence-electron chi connectivity index (χ1n) is 4.98. The Hall–Kier alpha value is -0.780. The van der Waals surface area contributed by atoms with Crippen LogP contribution in [0.15, 0.2) is 0 Å². The number of hydrogen-bond acceptors (Lipinski definition) is 2. The molecule has 0 unspecified atom stereocenters. The average molecular weight is 224 g/mol. The molecule has 1 fully saturated rings. The van der Waals surface area contributed by atoms with Gasteiger partial charge in [-0.25, -0.2) is 0 Å². The Labute approximate surface area is 86.2 Å². The van der Waals surface area contributed by atoms with Gasteiger partial charge in [0.15, 0.2) is 0 Å². The topological polar surface area (TPSA) is 55.1 Å². The van der Waals surface area contributed by atoms with E-state index >= 15 is 0 Å². The first-order chi connectivity index (χ1) is 6.88. The van der Waals surface area contributed by atoms with Crippen molar-refractivity contribution in [1.29, 1.82) is 0 Å². The minimum absolute atomic E-state index is 0.137. The Morgan fingerprint density at radius 3 is 2.20 bits per heavy atom. The second-order valence-electron chi connectivity index (χ2n) is 3.95. The lowest BCUT2D eigenvalue weighted by Crippen LogP contribution is -2.40. The van der Waals surface area contributed by atoms with Crippen LogP contribution in [0, 0.1) is 5.92 Å². The molecule has 0 atom stereocenters. The van der Waals surface area contributed by atoms with Crippen LogP contribution >= 0.6 is 0 Å². The van der Waals surface area contributed by atoms with Crippen LogP contribution < -0.4 is 11.1 Å². The van der Waals surface area contributed by atoms with Crippen LogP contribution in [-0.2, 0) is 4.79 Å². The number of nitrogens with two attached hydrogens (primary N) is 1. The van der Waals surface area contributed by atoms with Gasteiger partial charge in [0, 0.05) is 12.0 Å². The van der Waals surface area contributed by atoms with Crippen molar-refractivity contribution in [3.05, 3.63) is 0 Å². The Bertz CT molecular complexity index is 222. The molecule has 0 spiro atoms. The second-order valence-corrected chi connectivity index (χ2v) is 3.95. The molecule has 6 heteroatoms. The Morgan fingerprint density at radius 1 is 1.27 bits per heavy atom. The van der Waals surface area contributed by atoms with E-state index in [2.05, 4.69) is 5.32 Å². The van der Waals surface area contributed by atoms with Crippen molar-refractivity contribution in [2.45, 2.75) is 37.9 Å². The van der Waals surface area contributed by atoms with Crippen molar-refractivity contribution >= 4 is 5.91 Å². The molecule has 0 radical (unpaired) electrons. The SMILES string of the molecule is NC(=O)C1CCC(NCC(F)(F)F)CC1. The van der Waals surface area contributed by atoms with Crippen LogP contribution in [0.4, 0.5) is 13.2 Å². The van der Waals surface area contributed by atoms with Gasteiger partial charge in [0.1, 0.15) is 0 Å². The normalized spacial score (nSPS) is 27.7. The minimum Gasteiger partial charge on any atom is -0.369 e. The van der Waals surface area contributed by atoms with Crippen molar-refractivity contribution in [3.63, 3.8) is 0 Å². The highest BCUT2D eigenvalue weighted by Gasteiger charge is 2.30. The molecule has 0 aliphatic heterocycles. The summed E-state index contributed by atoms with van der Waals surface area (Å²) >= 11 is 0. The minimum atomic E-state index is -4.17. The van der Waals surface area contributed by atoms with Gasteiger partial charge in [-0.3, -0.25) is 4.79 Å². The van der Waals surface area contributed by atoms with Gasteiger partial charge in [-0.05, 0) is 25.7 Å². The van der Waals surface area contributed by atoms with Crippen LogP contribution in [0.3, 0.4) is 0 Å². The maximum atomic E-state index is 11.9. The number of hydrogen-bond donors (Lipinski definition) is 2. The highest BCUT2D eigenvalue weighted by atomic mass is 19.4. The zero-order chi connectivity index (χ0) is 11.5. The van der Waals surface area contributed by atoms with E-state index in [0.717, 1.165) is 0 Å². The quantitative estimate of drug-likeness (QED) is 0.756. The summed E-state index contributed by atoms with van der Waals surface area (Å²) in [6, 6.07) is -0.137. The molecule has 88 valence electrons. The lowest BCUT2D eigenvalue weighted by molar-refractivity contribution is -0.128. The van der Waals surface area contributed by atoms with E-state index in [-0.39, 0.29) is 17.9 Å². The van der Waals surface area contributed by atoms with Gasteiger partial charge in [-0.15, -0.1) is 0 Å². The summed E-state index contributed by atoms with van der Waals surface area (Å²) in [6.07, 6.45) is -1.82. The lowest BCUT2D eigenvalue weighted by atomic mass is 9.85. The summed E-state index contributed by atoms with van der Waals surface area (Å²) in [5.41, 5.74) is 5.12. The number of carbonyl (C=O) groups excluding carboxylic acids is 1. The smallest absolute Gasteiger partial charge is 0.369 e. The summed E-state index contributed by atoms with van der Waals surface area (Å²) in [5, 5.41) is 2.44. The van der Waals surface area contributed by atoms with Gasteiger partial charge in [0.25, 0.3) is 0 Å². The summed E-state index contributed by atoms with van der Waals surface area (Å²) in [6.45, 7) is -0.959. The van der Waals surface area contributed by atoms with Crippen LogP contribution in [0.2, 0.25) is 0 Å². The molecule has 3 nitrogen and oxygen atoms in total. The second kappa shape index (κ2) is 4.83. The number of rotatable bonds is 3. The number of amides is 1. The van der Waals surface area contributed by atoms with Gasteiger partial charge in [-0.2, -0.15) is 13.2 Å². The predicted molar refractivity (Wildman–Crippen MR) is 49.0 cm³/mol. The first kappa shape index (κ1) is 12.3. The van der Waals surface area contributed by atoms with Crippen molar-refractivity contribution in [2.24, 2.45) is 11.7 Å². The molecular weight excluding hydrogens is 209 g/mol. The fourth-order valence-electron chi connectivity index (χ4n) is 1.84. The fraction of sp³-hybridized carbons (Fsp3) is 0.889. The third kappa shape index (κ3) is 4.51. The number of halogens is 3. The first-order valence-corrected chi connectivity index (χ1v) is 4.98. The summed E-state index contributed by atoms with van der Waals surface area (Å²) < 4.78 is 35.6. The number of carbonyl (C=O) groups is 1. The molecule has 3 N–H and O–H groups in total. The highest BCUT2D eigenvalue weighted by Crippen LogP contribution is 2.24. The molecule has 0 aromatic carbocycles. The molecule has 1 amide bonds. The number of alkyl halides is 3. The van der Waals surface area contributed by atoms with Gasteiger partial charge in [0.05, 0.1) is 6.54 Å². The predicted octanol–water partition coefficient (Wildman–Crippen LogP) is 1.18. The van der Waals surface area contributed by atoms with Crippen molar-refractivity contribution in [3.8, 4) is 0 Å². The van der Waals surface area contributed by atoms with Gasteiger partial charge >= 0.3 is 6.18 Å². The van der Waals surface area contributed by atoms with E-state index in [9.17, 15) is 18.0 Å². The van der Waals surface area contributed by atoms with E-state index in [1.807, 2.05) is 0 Å². The summed E-state index contributed by atoms with van der Waals surface area (Å²) in [5.74, 6) is -0.502. The maximum Gasteiger partial charge on any atom is 0.401 e. The third-order valence-electron chi connectivity index (χ3n) is 2.72. The van der Waals surface area contributed by atoms with Crippen LogP contribution in [0.25, 0.3) is 0 Å². The molecule has 15 heavy (non-hydrogen) atoms. The Kier molecular flexibility index (Phi) is 3.96. The highest BCUT2D eigenvalue weighted by molar-refractivity contribution is 5.76. The molecule has 1 aliphatic carbocycles. The summed E-state index contributed by atoms with van der Waals surface area (Å²) in [7, 11) is 0. The third-order valence-corrected chi connectivity index (χ3v) is 2.72. The molecule has 0 heterocycles. The largest absolute Gasteiger partial charge is 0.401 e. The molecule has 0 bridgehead atoms. The van der Waals surface area contributed by atoms with Gasteiger partial charge in [-0.1, -0.05) is 0 Å². The van der Waals surface area contributed by atoms with Crippen molar-refractivity contribution in [2.75, 3.05) is 6.54 Å². The number of nitrogens with one attached hydrogen (secondary N) is 1. The van der Waals surface area contributed by atoms with E-state index in [1.54, 1.807) is 0 Å². The van der Waals surface area contributed by atoms with E-state index in [1.165, 1.54) is 0 Å². The van der Waals surface area contributed by atoms with Gasteiger partial charge < -0.3 is 11.1 Å². The molecule has 0 aromatic rings. The van der Waals surface area contributed by atoms with Crippen LogP contribution in [-0.4, -0.2) is 24.7 Å². The monoisotopic (exact) mass is 224 g/mol. The molecular formula is C9H15F3N2O. The zero-order valence-corrected chi connectivity index (χ0v) is 8.31. The van der Waals surface area contributed by atoms with Gasteiger partial charge in [0.2, 0.25) is 5.91 Å². The maximum absolute atomic E-state index is 11.9. The van der Waals surface area contributed by atoms with Crippen molar-refractivity contribution in [1.82, 2.24) is 5.32 Å².